The molecule has 1 atom stereocenters. The van der Waals surface area contributed by atoms with Gasteiger partial charge in [-0.15, -0.1) is 0 Å². The molecule has 0 bridgehead atoms. The van der Waals surface area contributed by atoms with Crippen molar-refractivity contribution < 1.29 is 5.11 Å². The highest BCUT2D eigenvalue weighted by Gasteiger charge is 2.33. The molecule has 3 nitrogen and oxygen atoms in total. The van der Waals surface area contributed by atoms with E-state index in [1.807, 2.05) is 7.05 Å². The van der Waals surface area contributed by atoms with Crippen molar-refractivity contribution in [1.82, 2.24) is 5.32 Å². The van der Waals surface area contributed by atoms with Crippen LogP contribution in [0.15, 0.2) is 18.2 Å². The van der Waals surface area contributed by atoms with E-state index in [0.717, 1.165) is 25.9 Å². The summed E-state index contributed by atoms with van der Waals surface area (Å²) in [7, 11) is 1.95. The summed E-state index contributed by atoms with van der Waals surface area (Å²) in [6.45, 7) is 6.44. The Morgan fingerprint density at radius 2 is 2.17 bits per heavy atom. The van der Waals surface area contributed by atoms with Crippen LogP contribution in [-0.2, 0) is 0 Å². The Morgan fingerprint density at radius 1 is 1.39 bits per heavy atom. The molecule has 0 spiro atoms. The van der Waals surface area contributed by atoms with Gasteiger partial charge in [-0.2, -0.15) is 0 Å². The SMILES string of the molecule is CNC1(CO)CCCN(c2cc(C)ccc2C)C1. The lowest BCUT2D eigenvalue weighted by molar-refractivity contribution is 0.149. The van der Waals surface area contributed by atoms with Crippen LogP contribution >= 0.6 is 0 Å². The zero-order valence-electron chi connectivity index (χ0n) is 11.7. The normalized spacial score (nSPS) is 24.3. The van der Waals surface area contributed by atoms with Crippen molar-refractivity contribution in [3.05, 3.63) is 29.3 Å². The molecule has 1 unspecified atom stereocenters. The molecule has 1 aliphatic heterocycles. The lowest BCUT2D eigenvalue weighted by atomic mass is 9.89. The number of benzene rings is 1. The highest BCUT2D eigenvalue weighted by molar-refractivity contribution is 5.55. The van der Waals surface area contributed by atoms with Crippen LogP contribution in [0.2, 0.25) is 0 Å². The number of nitrogens with one attached hydrogen (secondary N) is 1. The molecule has 2 N–H and O–H groups in total. The quantitative estimate of drug-likeness (QED) is 0.857. The second-order valence-electron chi connectivity index (χ2n) is 5.50. The highest BCUT2D eigenvalue weighted by Crippen LogP contribution is 2.28. The van der Waals surface area contributed by atoms with Gasteiger partial charge in [0.15, 0.2) is 0 Å². The maximum absolute atomic E-state index is 9.64. The van der Waals surface area contributed by atoms with Crippen molar-refractivity contribution in [3.63, 3.8) is 0 Å². The van der Waals surface area contributed by atoms with Crippen molar-refractivity contribution in [2.24, 2.45) is 0 Å². The van der Waals surface area contributed by atoms with Crippen molar-refractivity contribution in [2.45, 2.75) is 32.2 Å². The van der Waals surface area contributed by atoms with Crippen molar-refractivity contribution in [1.29, 1.82) is 0 Å². The van der Waals surface area contributed by atoms with Crippen LogP contribution in [0.5, 0.6) is 0 Å². The number of nitrogens with zero attached hydrogens (tertiary/aromatic N) is 1. The maximum Gasteiger partial charge on any atom is 0.0630 e. The number of hydrogen-bond donors (Lipinski definition) is 2. The summed E-state index contributed by atoms with van der Waals surface area (Å²) in [6.07, 6.45) is 2.16. The fourth-order valence-corrected chi connectivity index (χ4v) is 2.81. The van der Waals surface area contributed by atoms with Crippen LogP contribution in [0.1, 0.15) is 24.0 Å². The molecule has 1 aliphatic rings. The summed E-state index contributed by atoms with van der Waals surface area (Å²) in [5.74, 6) is 0. The fraction of sp³-hybridized carbons (Fsp3) is 0.600. The molecule has 0 amide bonds. The van der Waals surface area contributed by atoms with Crippen LogP contribution < -0.4 is 10.2 Å². The first-order chi connectivity index (χ1) is 8.60. The average Bonchev–Trinajstić information content (AvgIpc) is 2.41. The van der Waals surface area contributed by atoms with Crippen LogP contribution in [0, 0.1) is 13.8 Å². The Morgan fingerprint density at radius 3 is 2.83 bits per heavy atom. The third-order valence-electron chi connectivity index (χ3n) is 4.12. The summed E-state index contributed by atoms with van der Waals surface area (Å²) in [4.78, 5) is 2.40. The predicted molar refractivity (Wildman–Crippen MR) is 76.2 cm³/mol. The fourth-order valence-electron chi connectivity index (χ4n) is 2.81. The molecule has 0 aliphatic carbocycles. The molecule has 0 radical (unpaired) electrons. The van der Waals surface area contributed by atoms with Gasteiger partial charge in [-0.3, -0.25) is 0 Å². The lowest BCUT2D eigenvalue weighted by Gasteiger charge is -2.43. The van der Waals surface area contributed by atoms with Gasteiger partial charge in [0.2, 0.25) is 0 Å². The molecule has 1 heterocycles. The first-order valence-electron chi connectivity index (χ1n) is 6.72. The standard InChI is InChI=1S/C15H24N2O/c1-12-5-6-13(2)14(9-12)17-8-4-7-15(10-17,11-18)16-3/h5-6,9,16,18H,4,7-8,10-11H2,1-3H3. The van der Waals surface area contributed by atoms with Crippen LogP contribution in [0.4, 0.5) is 5.69 Å². The van der Waals surface area contributed by atoms with Gasteiger partial charge in [-0.1, -0.05) is 12.1 Å². The van der Waals surface area contributed by atoms with Gasteiger partial charge in [0, 0.05) is 18.8 Å². The molecule has 2 rings (SSSR count). The summed E-state index contributed by atoms with van der Waals surface area (Å²) in [5.41, 5.74) is 3.77. The molecular formula is C15H24N2O. The van der Waals surface area contributed by atoms with E-state index in [1.165, 1.54) is 16.8 Å². The minimum atomic E-state index is -0.144. The minimum absolute atomic E-state index is 0.144. The van der Waals surface area contributed by atoms with Gasteiger partial charge >= 0.3 is 0 Å². The third-order valence-corrected chi connectivity index (χ3v) is 4.12. The zero-order chi connectivity index (χ0) is 13.2. The Bertz CT molecular complexity index is 413. The minimum Gasteiger partial charge on any atom is -0.394 e. The van der Waals surface area contributed by atoms with E-state index in [9.17, 15) is 5.11 Å². The summed E-state index contributed by atoms with van der Waals surface area (Å²) in [6, 6.07) is 6.58. The van der Waals surface area contributed by atoms with E-state index >= 15 is 0 Å². The molecule has 1 fully saturated rings. The van der Waals surface area contributed by atoms with E-state index in [-0.39, 0.29) is 12.1 Å². The van der Waals surface area contributed by atoms with Crippen LogP contribution in [-0.4, -0.2) is 37.4 Å². The summed E-state index contributed by atoms with van der Waals surface area (Å²) in [5, 5.41) is 13.0. The van der Waals surface area contributed by atoms with Gasteiger partial charge in [-0.25, -0.2) is 0 Å². The monoisotopic (exact) mass is 248 g/mol. The van der Waals surface area contributed by atoms with Crippen molar-refractivity contribution in [3.8, 4) is 0 Å². The smallest absolute Gasteiger partial charge is 0.0630 e. The second-order valence-corrected chi connectivity index (χ2v) is 5.50. The van der Waals surface area contributed by atoms with Crippen LogP contribution in [0.25, 0.3) is 0 Å². The topological polar surface area (TPSA) is 35.5 Å². The second kappa shape index (κ2) is 5.29. The first kappa shape index (κ1) is 13.4. The molecule has 1 saturated heterocycles. The zero-order valence-corrected chi connectivity index (χ0v) is 11.7. The van der Waals surface area contributed by atoms with E-state index in [4.69, 9.17) is 0 Å². The van der Waals surface area contributed by atoms with Gasteiger partial charge in [0.25, 0.3) is 0 Å². The molecule has 0 saturated carbocycles. The first-order valence-corrected chi connectivity index (χ1v) is 6.72. The lowest BCUT2D eigenvalue weighted by Crippen LogP contribution is -2.58. The predicted octanol–water partition coefficient (Wildman–Crippen LogP) is 1.85. The van der Waals surface area contributed by atoms with E-state index in [2.05, 4.69) is 42.3 Å². The van der Waals surface area contributed by atoms with Crippen molar-refractivity contribution >= 4 is 5.69 Å². The van der Waals surface area contributed by atoms with Crippen molar-refractivity contribution in [2.75, 3.05) is 31.6 Å². The van der Waals surface area contributed by atoms with E-state index in [0.29, 0.717) is 0 Å². The van der Waals surface area contributed by atoms with Gasteiger partial charge in [0.1, 0.15) is 0 Å². The molecule has 3 heteroatoms. The Balaban J connectivity index is 2.25. The molecule has 1 aromatic carbocycles. The van der Waals surface area contributed by atoms with E-state index in [1.54, 1.807) is 0 Å². The highest BCUT2D eigenvalue weighted by atomic mass is 16.3. The summed E-state index contributed by atoms with van der Waals surface area (Å²) >= 11 is 0. The summed E-state index contributed by atoms with van der Waals surface area (Å²) < 4.78 is 0. The number of likely N-dealkylation sites (N-methyl/N-ethyl adjacent to an activating group) is 1. The molecule has 18 heavy (non-hydrogen) atoms. The van der Waals surface area contributed by atoms with Gasteiger partial charge in [0.05, 0.1) is 12.1 Å². The number of aliphatic hydroxyl groups is 1. The largest absolute Gasteiger partial charge is 0.394 e. The number of aryl methyl sites for hydroxylation is 2. The number of aliphatic hydroxyl groups excluding tert-OH is 1. The molecular weight excluding hydrogens is 224 g/mol. The number of hydrogen-bond acceptors (Lipinski definition) is 3. The van der Waals surface area contributed by atoms with Gasteiger partial charge in [-0.05, 0) is 50.9 Å². The maximum atomic E-state index is 9.64. The number of rotatable bonds is 3. The molecule has 0 aromatic heterocycles. The number of piperidine rings is 1. The van der Waals surface area contributed by atoms with Crippen LogP contribution in [0.3, 0.4) is 0 Å². The molecule has 100 valence electrons. The molecule has 1 aromatic rings. The average molecular weight is 248 g/mol. The third kappa shape index (κ3) is 2.52. The van der Waals surface area contributed by atoms with Gasteiger partial charge < -0.3 is 15.3 Å². The Kier molecular flexibility index (Phi) is 3.93. The number of anilines is 1. The van der Waals surface area contributed by atoms with E-state index < -0.39 is 0 Å². The Hall–Kier alpha value is -1.06. The Labute approximate surface area is 110 Å².